The first-order valence-corrected chi connectivity index (χ1v) is 21.9. The van der Waals surface area contributed by atoms with Gasteiger partial charge in [0.2, 0.25) is 11.8 Å². The maximum atomic E-state index is 10.0. The molecule has 0 bridgehead atoms. The highest BCUT2D eigenvalue weighted by Gasteiger charge is 2.27. The second-order valence-electron chi connectivity index (χ2n) is 15.0. The molecule has 4 N–H and O–H groups in total. The lowest BCUT2D eigenvalue weighted by Crippen LogP contribution is -2.19. The predicted molar refractivity (Wildman–Crippen MR) is 237 cm³/mol. The average molecular weight is 837 g/mol. The quantitative estimate of drug-likeness (QED) is 0.103. The van der Waals surface area contributed by atoms with Gasteiger partial charge in [0.1, 0.15) is 22.9 Å². The van der Waals surface area contributed by atoms with Crippen molar-refractivity contribution < 1.29 is 19.7 Å². The number of hydrogen-bond donors (Lipinski definition) is 4. The summed E-state index contributed by atoms with van der Waals surface area (Å²) < 4.78 is 14.4. The van der Waals surface area contributed by atoms with E-state index in [1.165, 1.54) is 0 Å². The van der Waals surface area contributed by atoms with E-state index in [9.17, 15) is 10.2 Å². The fourth-order valence-corrected chi connectivity index (χ4v) is 9.52. The van der Waals surface area contributed by atoms with Gasteiger partial charge in [-0.2, -0.15) is 0 Å². The van der Waals surface area contributed by atoms with Crippen molar-refractivity contribution in [3.8, 4) is 23.3 Å². The van der Waals surface area contributed by atoms with Crippen molar-refractivity contribution in [2.45, 2.75) is 75.4 Å². The summed E-state index contributed by atoms with van der Waals surface area (Å²) in [6.07, 6.45) is 13.2. The van der Waals surface area contributed by atoms with Crippen LogP contribution in [0.15, 0.2) is 122 Å². The fraction of sp³-hybridized carbons (Fsp3) is 0.261. The maximum absolute atomic E-state index is 10.0. The van der Waals surface area contributed by atoms with Crippen LogP contribution in [0.5, 0.6) is 23.3 Å². The lowest BCUT2D eigenvalue weighted by Gasteiger charge is -2.26. The monoisotopic (exact) mass is 836 g/mol. The highest BCUT2D eigenvalue weighted by Crippen LogP contribution is 2.39. The minimum absolute atomic E-state index is 0.178. The number of para-hydroxylation sites is 2. The summed E-state index contributed by atoms with van der Waals surface area (Å²) >= 11 is 3.25. The van der Waals surface area contributed by atoms with E-state index in [0.717, 1.165) is 92.0 Å². The van der Waals surface area contributed by atoms with Gasteiger partial charge in [-0.15, -0.1) is 0 Å². The molecule has 4 atom stereocenters. The molecule has 0 saturated heterocycles. The van der Waals surface area contributed by atoms with Crippen molar-refractivity contribution in [2.75, 3.05) is 10.6 Å². The Hall–Kier alpha value is -6.06. The number of hydrogen-bond acceptors (Lipinski definition) is 14. The first-order valence-electron chi connectivity index (χ1n) is 20.3. The average Bonchev–Trinajstić information content (AvgIpc) is 3.89. The van der Waals surface area contributed by atoms with Crippen LogP contribution in [0.4, 0.5) is 21.6 Å². The second kappa shape index (κ2) is 18.5. The van der Waals surface area contributed by atoms with Crippen LogP contribution in [0.1, 0.15) is 74.6 Å². The molecule has 0 amide bonds. The Labute approximate surface area is 355 Å². The third-order valence-electron chi connectivity index (χ3n) is 10.7. The highest BCUT2D eigenvalue weighted by molar-refractivity contribution is 7.22. The van der Waals surface area contributed by atoms with E-state index in [0.29, 0.717) is 36.1 Å². The smallest absolute Gasteiger partial charge is 0.241 e. The number of ether oxygens (including phenoxy) is 2. The molecule has 60 heavy (non-hydrogen) atoms. The number of aromatic nitrogens is 6. The van der Waals surface area contributed by atoms with E-state index in [1.54, 1.807) is 47.5 Å². The van der Waals surface area contributed by atoms with Gasteiger partial charge in [0.05, 0.1) is 32.6 Å². The van der Waals surface area contributed by atoms with E-state index < -0.39 is 0 Å². The molecule has 4 heterocycles. The van der Waals surface area contributed by atoms with Crippen LogP contribution in [-0.2, 0) is 0 Å². The van der Waals surface area contributed by atoms with Gasteiger partial charge >= 0.3 is 0 Å². The zero-order valence-corrected chi connectivity index (χ0v) is 34.4. The first kappa shape index (κ1) is 39.4. The summed E-state index contributed by atoms with van der Waals surface area (Å²) in [7, 11) is 0. The molecule has 0 aliphatic heterocycles. The minimum atomic E-state index is -0.272. The maximum Gasteiger partial charge on any atom is 0.241 e. The molecule has 2 saturated carbocycles. The van der Waals surface area contributed by atoms with E-state index >= 15 is 0 Å². The number of thiazole rings is 2. The van der Waals surface area contributed by atoms with Gasteiger partial charge < -0.3 is 30.3 Å². The number of nitrogens with one attached hydrogen (secondary N) is 2. The predicted octanol–water partition coefficient (Wildman–Crippen LogP) is 11.3. The molecule has 0 spiro atoms. The Bertz CT molecular complexity index is 2410. The number of rotatable bonds is 10. The van der Waals surface area contributed by atoms with Crippen LogP contribution in [-0.4, -0.2) is 52.3 Å². The molecular weight excluding hydrogens is 793 g/mol. The fourth-order valence-electron chi connectivity index (χ4n) is 7.75. The van der Waals surface area contributed by atoms with Crippen LogP contribution >= 0.6 is 22.7 Å². The normalized spacial score (nSPS) is 19.0. The van der Waals surface area contributed by atoms with Crippen molar-refractivity contribution in [2.24, 2.45) is 0 Å². The van der Waals surface area contributed by atoms with Crippen LogP contribution < -0.4 is 20.1 Å². The molecule has 12 nitrogen and oxygen atoms in total. The summed E-state index contributed by atoms with van der Waals surface area (Å²) in [4.78, 5) is 27.0. The van der Waals surface area contributed by atoms with E-state index in [-0.39, 0.29) is 24.0 Å². The molecule has 14 heteroatoms. The van der Waals surface area contributed by atoms with Gasteiger partial charge in [0.15, 0.2) is 10.3 Å². The Morgan fingerprint density at radius 1 is 0.500 bits per heavy atom. The number of aliphatic hydroxyl groups is 2. The largest absolute Gasteiger partial charge is 0.437 e. The van der Waals surface area contributed by atoms with Crippen LogP contribution in [0.2, 0.25) is 0 Å². The van der Waals surface area contributed by atoms with Crippen LogP contribution in [0.25, 0.3) is 20.4 Å². The summed E-state index contributed by atoms with van der Waals surface area (Å²) in [5.74, 6) is 2.78. The topological polar surface area (TPSA) is 160 Å². The Morgan fingerprint density at radius 3 is 1.33 bits per heavy atom. The first-order chi connectivity index (χ1) is 29.5. The van der Waals surface area contributed by atoms with Gasteiger partial charge in [-0.25, -0.2) is 19.9 Å². The molecule has 2 aliphatic carbocycles. The number of benzene rings is 4. The molecule has 2 aliphatic rings. The summed E-state index contributed by atoms with van der Waals surface area (Å²) in [6, 6.07) is 31.7. The van der Waals surface area contributed by atoms with E-state index in [2.05, 4.69) is 52.7 Å². The van der Waals surface area contributed by atoms with Crippen molar-refractivity contribution in [3.63, 3.8) is 0 Å². The second-order valence-corrected chi connectivity index (χ2v) is 17.1. The standard InChI is InChI=1S/2C23H22N4O2S/c2*28-17-5-3-4-15(14-17)21-22(25-13-12-24-21)29-18-10-8-16(9-11-18)26-23-27-19-6-1-2-7-20(19)30-23/h2*1-2,6-13,15,17,28H,3-5,14H2,(H,26,27)/t2*15?,17-/m10/s1. The van der Waals surface area contributed by atoms with Crippen molar-refractivity contribution >= 4 is 64.7 Å². The summed E-state index contributed by atoms with van der Waals surface area (Å²) in [5, 5.41) is 28.5. The number of anilines is 4. The Morgan fingerprint density at radius 2 is 0.917 bits per heavy atom. The SMILES string of the molecule is O[C@@H]1CCCC(c2nccnc2Oc2ccc(Nc3nc4ccccc4s3)cc2)C1.O[C@H]1CCCC(c2nccnc2Oc2ccc(Nc3nc4ccccc4s3)cc2)C1. The van der Waals surface area contributed by atoms with Gasteiger partial charge in [-0.1, -0.05) is 59.8 Å². The molecule has 0 radical (unpaired) electrons. The summed E-state index contributed by atoms with van der Waals surface area (Å²) in [5.41, 5.74) is 5.52. The van der Waals surface area contributed by atoms with E-state index in [4.69, 9.17) is 9.47 Å². The van der Waals surface area contributed by atoms with Crippen molar-refractivity contribution in [1.82, 2.24) is 29.9 Å². The van der Waals surface area contributed by atoms with Crippen molar-refractivity contribution in [3.05, 3.63) is 133 Å². The molecule has 8 aromatic rings. The number of nitrogens with zero attached hydrogens (tertiary/aromatic N) is 6. The Kier molecular flexibility index (Phi) is 12.1. The van der Waals surface area contributed by atoms with Crippen molar-refractivity contribution in [1.29, 1.82) is 0 Å². The van der Waals surface area contributed by atoms with Crippen LogP contribution in [0, 0.1) is 0 Å². The van der Waals surface area contributed by atoms with Gasteiger partial charge in [-0.05, 0) is 111 Å². The zero-order chi connectivity index (χ0) is 40.7. The van der Waals surface area contributed by atoms with Crippen LogP contribution in [0.3, 0.4) is 0 Å². The minimum Gasteiger partial charge on any atom is -0.437 e. The van der Waals surface area contributed by atoms with E-state index in [1.807, 2.05) is 84.9 Å². The molecule has 10 rings (SSSR count). The number of fused-ring (bicyclic) bond motifs is 2. The lowest BCUT2D eigenvalue weighted by atomic mass is 9.85. The molecule has 4 aromatic carbocycles. The van der Waals surface area contributed by atoms with Gasteiger partial charge in [-0.3, -0.25) is 9.97 Å². The molecular formula is C46H44N8O4S2. The summed E-state index contributed by atoms with van der Waals surface area (Å²) in [6.45, 7) is 0. The Balaban J connectivity index is 0.000000154. The molecule has 2 unspecified atom stereocenters. The zero-order valence-electron chi connectivity index (χ0n) is 32.7. The van der Waals surface area contributed by atoms with Gasteiger partial charge in [0, 0.05) is 48.0 Å². The third-order valence-corrected chi connectivity index (χ3v) is 12.6. The number of aliphatic hydroxyl groups excluding tert-OH is 2. The lowest BCUT2D eigenvalue weighted by molar-refractivity contribution is 0.118. The molecule has 304 valence electrons. The third kappa shape index (κ3) is 9.69. The molecule has 2 fully saturated rings. The highest BCUT2D eigenvalue weighted by atomic mass is 32.1. The molecule has 4 aromatic heterocycles. The van der Waals surface area contributed by atoms with Gasteiger partial charge in [0.25, 0.3) is 0 Å².